The van der Waals surface area contributed by atoms with Crippen molar-refractivity contribution in [2.24, 2.45) is 0 Å². The van der Waals surface area contributed by atoms with Gasteiger partial charge in [0.2, 0.25) is 5.88 Å². The fourth-order valence-corrected chi connectivity index (χ4v) is 2.51. The summed E-state index contributed by atoms with van der Waals surface area (Å²) in [6.45, 7) is 3.77. The number of hydrogen-bond donors (Lipinski definition) is 3. The fourth-order valence-electron chi connectivity index (χ4n) is 2.51. The molecule has 27 heavy (non-hydrogen) atoms. The van der Waals surface area contributed by atoms with E-state index in [2.05, 4.69) is 25.9 Å². The highest BCUT2D eigenvalue weighted by Crippen LogP contribution is 2.20. The predicted molar refractivity (Wildman–Crippen MR) is 107 cm³/mol. The number of nitrogens with one attached hydrogen (secondary N) is 3. The summed E-state index contributed by atoms with van der Waals surface area (Å²) in [7, 11) is 1.56. The third-order valence-corrected chi connectivity index (χ3v) is 3.71. The van der Waals surface area contributed by atoms with E-state index in [1.54, 1.807) is 20.1 Å². The van der Waals surface area contributed by atoms with Crippen LogP contribution in [-0.2, 0) is 0 Å². The second kappa shape index (κ2) is 8.18. The molecule has 2 aromatic carbocycles. The molecule has 0 bridgehead atoms. The smallest absolute Gasteiger partial charge is 0.323 e. The van der Waals surface area contributed by atoms with Gasteiger partial charge in [-0.25, -0.2) is 9.78 Å². The van der Waals surface area contributed by atoms with E-state index in [9.17, 15) is 4.79 Å². The maximum absolute atomic E-state index is 12.1. The third kappa shape index (κ3) is 5.18. The third-order valence-electron chi connectivity index (χ3n) is 3.71. The number of hydrogen-bond acceptors (Lipinski definition) is 5. The minimum absolute atomic E-state index is 0.294. The lowest BCUT2D eigenvalue weighted by atomic mass is 10.2. The molecule has 0 saturated heterocycles. The SMILES string of the molecule is COc1cc(Nc2ccc(NC(=O)Nc3cccc(C)c3)cc2)nc(C)n1. The van der Waals surface area contributed by atoms with E-state index < -0.39 is 0 Å². The molecule has 0 radical (unpaired) electrons. The summed E-state index contributed by atoms with van der Waals surface area (Å²) in [4.78, 5) is 20.6. The predicted octanol–water partition coefficient (Wildman–Crippen LogP) is 4.49. The summed E-state index contributed by atoms with van der Waals surface area (Å²) in [5, 5.41) is 8.80. The van der Waals surface area contributed by atoms with Crippen LogP contribution in [0.5, 0.6) is 5.88 Å². The van der Waals surface area contributed by atoms with Gasteiger partial charge in [-0.15, -0.1) is 0 Å². The zero-order valence-corrected chi connectivity index (χ0v) is 15.4. The zero-order valence-electron chi connectivity index (χ0n) is 15.4. The lowest BCUT2D eigenvalue weighted by Gasteiger charge is -2.10. The van der Waals surface area contributed by atoms with Crippen LogP contribution >= 0.6 is 0 Å². The van der Waals surface area contributed by atoms with Crippen molar-refractivity contribution in [1.82, 2.24) is 9.97 Å². The van der Waals surface area contributed by atoms with Gasteiger partial charge in [0.1, 0.15) is 11.6 Å². The molecule has 0 aliphatic rings. The minimum Gasteiger partial charge on any atom is -0.481 e. The van der Waals surface area contributed by atoms with Crippen molar-refractivity contribution >= 4 is 28.9 Å². The Labute approximate surface area is 157 Å². The van der Waals surface area contributed by atoms with Crippen molar-refractivity contribution in [2.45, 2.75) is 13.8 Å². The molecule has 2 amide bonds. The molecule has 7 nitrogen and oxygen atoms in total. The molecule has 0 unspecified atom stereocenters. The standard InChI is InChI=1S/C20H21N5O2/c1-13-5-4-6-17(11-13)25-20(26)24-16-9-7-15(8-10-16)23-18-12-19(27-3)22-14(2)21-18/h4-12H,1-3H3,(H,21,22,23)(H2,24,25,26). The van der Waals surface area contributed by atoms with Crippen LogP contribution < -0.4 is 20.7 Å². The Morgan fingerprint density at radius 1 is 0.889 bits per heavy atom. The fraction of sp³-hybridized carbons (Fsp3) is 0.150. The molecular weight excluding hydrogens is 342 g/mol. The van der Waals surface area contributed by atoms with Crippen LogP contribution in [0.4, 0.5) is 27.7 Å². The van der Waals surface area contributed by atoms with Crippen LogP contribution in [0.25, 0.3) is 0 Å². The highest BCUT2D eigenvalue weighted by atomic mass is 16.5. The number of carbonyl (C=O) groups is 1. The number of amides is 2. The number of benzene rings is 2. The van der Waals surface area contributed by atoms with E-state index in [0.29, 0.717) is 23.2 Å². The second-order valence-corrected chi connectivity index (χ2v) is 5.99. The number of methoxy groups -OCH3 is 1. The van der Waals surface area contributed by atoms with Gasteiger partial charge in [-0.1, -0.05) is 12.1 Å². The number of nitrogens with zero attached hydrogens (tertiary/aromatic N) is 2. The molecule has 0 atom stereocenters. The lowest BCUT2D eigenvalue weighted by Crippen LogP contribution is -2.19. The van der Waals surface area contributed by atoms with E-state index >= 15 is 0 Å². The van der Waals surface area contributed by atoms with Crippen LogP contribution in [0.1, 0.15) is 11.4 Å². The molecule has 138 valence electrons. The number of ether oxygens (including phenoxy) is 1. The first-order valence-corrected chi connectivity index (χ1v) is 8.43. The van der Waals surface area contributed by atoms with Gasteiger partial charge in [0, 0.05) is 23.1 Å². The van der Waals surface area contributed by atoms with Crippen LogP contribution in [0, 0.1) is 13.8 Å². The summed E-state index contributed by atoms with van der Waals surface area (Å²) < 4.78 is 5.15. The van der Waals surface area contributed by atoms with E-state index in [1.807, 2.05) is 55.5 Å². The van der Waals surface area contributed by atoms with E-state index in [0.717, 1.165) is 16.9 Å². The zero-order chi connectivity index (χ0) is 19.2. The van der Waals surface area contributed by atoms with Gasteiger partial charge in [0.25, 0.3) is 0 Å². The van der Waals surface area contributed by atoms with Crippen LogP contribution in [0.2, 0.25) is 0 Å². The summed E-state index contributed by atoms with van der Waals surface area (Å²) in [5.41, 5.74) is 3.35. The summed E-state index contributed by atoms with van der Waals surface area (Å²) >= 11 is 0. The van der Waals surface area contributed by atoms with E-state index in [1.165, 1.54) is 0 Å². The highest BCUT2D eigenvalue weighted by Gasteiger charge is 2.05. The van der Waals surface area contributed by atoms with Crippen LogP contribution in [0.15, 0.2) is 54.6 Å². The molecule has 0 spiro atoms. The molecule has 3 aromatic rings. The van der Waals surface area contributed by atoms with Gasteiger partial charge >= 0.3 is 6.03 Å². The summed E-state index contributed by atoms with van der Waals surface area (Å²) in [6.07, 6.45) is 0. The lowest BCUT2D eigenvalue weighted by molar-refractivity contribution is 0.262. The van der Waals surface area contributed by atoms with Crippen LogP contribution in [0.3, 0.4) is 0 Å². The first kappa shape index (κ1) is 18.2. The first-order chi connectivity index (χ1) is 13.0. The largest absolute Gasteiger partial charge is 0.481 e. The van der Waals surface area contributed by atoms with Gasteiger partial charge in [0.15, 0.2) is 0 Å². The number of aromatic nitrogens is 2. The van der Waals surface area contributed by atoms with E-state index in [-0.39, 0.29) is 6.03 Å². The Morgan fingerprint density at radius 2 is 1.59 bits per heavy atom. The molecular formula is C20H21N5O2. The topological polar surface area (TPSA) is 88.2 Å². The molecule has 0 fully saturated rings. The van der Waals surface area contributed by atoms with Gasteiger partial charge in [-0.05, 0) is 55.8 Å². The molecule has 3 rings (SSSR count). The number of urea groups is 1. The minimum atomic E-state index is -0.294. The van der Waals surface area contributed by atoms with Gasteiger partial charge < -0.3 is 20.7 Å². The summed E-state index contributed by atoms with van der Waals surface area (Å²) in [5.74, 6) is 1.75. The average molecular weight is 363 g/mol. The Kier molecular flexibility index (Phi) is 5.51. The van der Waals surface area contributed by atoms with Gasteiger partial charge in [-0.2, -0.15) is 4.98 Å². The quantitative estimate of drug-likeness (QED) is 0.622. The molecule has 0 aliphatic heterocycles. The molecule has 1 heterocycles. The van der Waals surface area contributed by atoms with Gasteiger partial charge in [0.05, 0.1) is 7.11 Å². The molecule has 7 heteroatoms. The van der Waals surface area contributed by atoms with Gasteiger partial charge in [-0.3, -0.25) is 0 Å². The van der Waals surface area contributed by atoms with E-state index in [4.69, 9.17) is 4.74 Å². The highest BCUT2D eigenvalue weighted by molar-refractivity contribution is 5.99. The van der Waals surface area contributed by atoms with Crippen molar-refractivity contribution < 1.29 is 9.53 Å². The van der Waals surface area contributed by atoms with Crippen molar-refractivity contribution in [1.29, 1.82) is 0 Å². The maximum atomic E-state index is 12.1. The van der Waals surface area contributed by atoms with Crippen molar-refractivity contribution in [3.05, 3.63) is 66.0 Å². The number of anilines is 4. The number of rotatable bonds is 5. The normalized spacial score (nSPS) is 10.2. The van der Waals surface area contributed by atoms with Crippen LogP contribution in [-0.4, -0.2) is 23.1 Å². The van der Waals surface area contributed by atoms with Crippen molar-refractivity contribution in [3.8, 4) is 5.88 Å². The molecule has 1 aromatic heterocycles. The number of aryl methyl sites for hydroxylation is 2. The van der Waals surface area contributed by atoms with Crippen molar-refractivity contribution in [2.75, 3.05) is 23.1 Å². The average Bonchev–Trinajstić information content (AvgIpc) is 2.63. The molecule has 0 aliphatic carbocycles. The Hall–Kier alpha value is -3.61. The maximum Gasteiger partial charge on any atom is 0.323 e. The number of carbonyl (C=O) groups excluding carboxylic acids is 1. The van der Waals surface area contributed by atoms with Crippen molar-refractivity contribution in [3.63, 3.8) is 0 Å². The Morgan fingerprint density at radius 3 is 2.30 bits per heavy atom. The monoisotopic (exact) mass is 363 g/mol. The Bertz CT molecular complexity index is 941. The Balaban J connectivity index is 1.61. The molecule has 0 saturated carbocycles. The second-order valence-electron chi connectivity index (χ2n) is 5.99. The first-order valence-electron chi connectivity index (χ1n) is 8.43. The summed E-state index contributed by atoms with van der Waals surface area (Å²) in [6, 6.07) is 16.4. The molecule has 3 N–H and O–H groups in total.